The molecule has 0 N–H and O–H groups in total. The summed E-state index contributed by atoms with van der Waals surface area (Å²) in [7, 11) is 0. The van der Waals surface area contributed by atoms with Crippen molar-refractivity contribution in [2.75, 3.05) is 19.6 Å². The van der Waals surface area contributed by atoms with E-state index in [0.717, 1.165) is 5.92 Å². The Bertz CT molecular complexity index is 152. The van der Waals surface area contributed by atoms with Crippen LogP contribution in [0.15, 0.2) is 11.6 Å². The predicted molar refractivity (Wildman–Crippen MR) is 54.3 cm³/mol. The molecule has 70 valence electrons. The second-order valence-corrected chi connectivity index (χ2v) is 4.09. The molecule has 1 heterocycles. The van der Waals surface area contributed by atoms with Crippen LogP contribution in [0.2, 0.25) is 0 Å². The summed E-state index contributed by atoms with van der Waals surface area (Å²) in [5.74, 6) is 0.951. The normalized spacial score (nSPS) is 23.1. The van der Waals surface area contributed by atoms with Gasteiger partial charge in [0.15, 0.2) is 0 Å². The largest absolute Gasteiger partial charge is 0.299 e. The fourth-order valence-electron chi connectivity index (χ4n) is 1.66. The first-order chi connectivity index (χ1) is 5.72. The molecule has 0 aromatic carbocycles. The quantitative estimate of drug-likeness (QED) is 0.572. The Hall–Kier alpha value is -0.300. The highest BCUT2D eigenvalue weighted by Crippen LogP contribution is 2.16. The van der Waals surface area contributed by atoms with Crippen LogP contribution in [-0.4, -0.2) is 24.5 Å². The maximum Gasteiger partial charge on any atom is 0.0189 e. The third-order valence-corrected chi connectivity index (χ3v) is 2.84. The van der Waals surface area contributed by atoms with Crippen LogP contribution >= 0.6 is 0 Å². The number of nitrogens with zero attached hydrogens (tertiary/aromatic N) is 1. The number of hydrogen-bond acceptors (Lipinski definition) is 1. The molecule has 0 bridgehead atoms. The molecule has 0 spiro atoms. The van der Waals surface area contributed by atoms with E-state index in [1.54, 1.807) is 0 Å². The van der Waals surface area contributed by atoms with Crippen LogP contribution in [-0.2, 0) is 0 Å². The van der Waals surface area contributed by atoms with E-state index in [9.17, 15) is 0 Å². The van der Waals surface area contributed by atoms with Crippen LogP contribution in [0, 0.1) is 5.92 Å². The molecule has 0 radical (unpaired) electrons. The molecule has 1 aliphatic heterocycles. The zero-order chi connectivity index (χ0) is 8.97. The molecule has 0 atom stereocenters. The Labute approximate surface area is 76.5 Å². The van der Waals surface area contributed by atoms with Crippen molar-refractivity contribution < 1.29 is 0 Å². The SMILES string of the molecule is C/C=C(/C)CN1CCC(C)CC1. The van der Waals surface area contributed by atoms with Gasteiger partial charge >= 0.3 is 0 Å². The number of piperidine rings is 1. The highest BCUT2D eigenvalue weighted by Gasteiger charge is 2.14. The summed E-state index contributed by atoms with van der Waals surface area (Å²) in [6, 6.07) is 0. The molecule has 1 saturated heterocycles. The molecular weight excluding hydrogens is 146 g/mol. The summed E-state index contributed by atoms with van der Waals surface area (Å²) in [5.41, 5.74) is 1.50. The van der Waals surface area contributed by atoms with Crippen LogP contribution in [0.25, 0.3) is 0 Å². The average Bonchev–Trinajstić information content (AvgIpc) is 2.09. The Balaban J connectivity index is 2.26. The summed E-state index contributed by atoms with van der Waals surface area (Å²) < 4.78 is 0. The van der Waals surface area contributed by atoms with Gasteiger partial charge in [-0.2, -0.15) is 0 Å². The highest BCUT2D eigenvalue weighted by atomic mass is 15.1. The first-order valence-corrected chi connectivity index (χ1v) is 5.06. The maximum absolute atomic E-state index is 2.56. The Kier molecular flexibility index (Phi) is 3.80. The van der Waals surface area contributed by atoms with Gasteiger partial charge in [-0.05, 0) is 45.7 Å². The zero-order valence-electron chi connectivity index (χ0n) is 8.64. The molecule has 0 amide bonds. The second-order valence-electron chi connectivity index (χ2n) is 4.09. The molecule has 1 heteroatoms. The van der Waals surface area contributed by atoms with E-state index in [1.165, 1.54) is 38.0 Å². The van der Waals surface area contributed by atoms with Crippen LogP contribution in [0.1, 0.15) is 33.6 Å². The number of likely N-dealkylation sites (tertiary alicyclic amines) is 1. The molecule has 1 aliphatic rings. The molecule has 0 aliphatic carbocycles. The van der Waals surface area contributed by atoms with Crippen LogP contribution < -0.4 is 0 Å². The van der Waals surface area contributed by atoms with E-state index >= 15 is 0 Å². The van der Waals surface area contributed by atoms with Gasteiger partial charge in [-0.25, -0.2) is 0 Å². The summed E-state index contributed by atoms with van der Waals surface area (Å²) >= 11 is 0. The van der Waals surface area contributed by atoms with Gasteiger partial charge in [-0.3, -0.25) is 4.90 Å². The molecule has 0 aromatic heterocycles. The molecule has 0 saturated carbocycles. The monoisotopic (exact) mass is 167 g/mol. The lowest BCUT2D eigenvalue weighted by Gasteiger charge is -2.30. The van der Waals surface area contributed by atoms with Gasteiger partial charge in [-0.1, -0.05) is 18.6 Å². The molecule has 0 aromatic rings. The number of rotatable bonds is 2. The van der Waals surface area contributed by atoms with Gasteiger partial charge in [0.25, 0.3) is 0 Å². The van der Waals surface area contributed by atoms with Crippen LogP contribution in [0.3, 0.4) is 0 Å². The lowest BCUT2D eigenvalue weighted by atomic mass is 9.99. The van der Waals surface area contributed by atoms with Gasteiger partial charge in [0.2, 0.25) is 0 Å². The molecule has 12 heavy (non-hydrogen) atoms. The van der Waals surface area contributed by atoms with Crippen LogP contribution in [0.4, 0.5) is 0 Å². The van der Waals surface area contributed by atoms with Crippen molar-refractivity contribution in [3.05, 3.63) is 11.6 Å². The number of allylic oxidation sites excluding steroid dienone is 1. The maximum atomic E-state index is 2.56. The van der Waals surface area contributed by atoms with Gasteiger partial charge in [0, 0.05) is 6.54 Å². The average molecular weight is 167 g/mol. The van der Waals surface area contributed by atoms with Gasteiger partial charge < -0.3 is 0 Å². The molecule has 0 unspecified atom stereocenters. The summed E-state index contributed by atoms with van der Waals surface area (Å²) in [6.07, 6.45) is 4.99. The van der Waals surface area contributed by atoms with E-state index in [1.807, 2.05) is 0 Å². The van der Waals surface area contributed by atoms with E-state index in [-0.39, 0.29) is 0 Å². The molecule has 1 nitrogen and oxygen atoms in total. The Morgan fingerprint density at radius 1 is 1.42 bits per heavy atom. The van der Waals surface area contributed by atoms with Gasteiger partial charge in [-0.15, -0.1) is 0 Å². The van der Waals surface area contributed by atoms with Gasteiger partial charge in [0.05, 0.1) is 0 Å². The minimum Gasteiger partial charge on any atom is -0.299 e. The van der Waals surface area contributed by atoms with Crippen molar-refractivity contribution in [1.29, 1.82) is 0 Å². The zero-order valence-corrected chi connectivity index (χ0v) is 8.64. The van der Waals surface area contributed by atoms with Crippen molar-refractivity contribution >= 4 is 0 Å². The molecule has 1 fully saturated rings. The van der Waals surface area contributed by atoms with E-state index in [2.05, 4.69) is 31.7 Å². The summed E-state index contributed by atoms with van der Waals surface area (Å²) in [4.78, 5) is 2.56. The topological polar surface area (TPSA) is 3.24 Å². The summed E-state index contributed by atoms with van der Waals surface area (Å²) in [5, 5.41) is 0. The smallest absolute Gasteiger partial charge is 0.0189 e. The first kappa shape index (κ1) is 9.79. The fourth-order valence-corrected chi connectivity index (χ4v) is 1.66. The summed E-state index contributed by atoms with van der Waals surface area (Å²) in [6.45, 7) is 10.5. The highest BCUT2D eigenvalue weighted by molar-refractivity contribution is 4.98. The minimum absolute atomic E-state index is 0.951. The Morgan fingerprint density at radius 2 is 2.00 bits per heavy atom. The third-order valence-electron chi connectivity index (χ3n) is 2.84. The van der Waals surface area contributed by atoms with Crippen molar-refractivity contribution in [3.63, 3.8) is 0 Å². The third kappa shape index (κ3) is 2.98. The first-order valence-electron chi connectivity index (χ1n) is 5.06. The standard InChI is InChI=1S/C11H21N/c1-4-10(2)9-12-7-5-11(3)6-8-12/h4,11H,5-9H2,1-3H3/b10-4-. The fraction of sp³-hybridized carbons (Fsp3) is 0.818. The number of hydrogen-bond donors (Lipinski definition) is 0. The minimum atomic E-state index is 0.951. The van der Waals surface area contributed by atoms with E-state index in [0.29, 0.717) is 0 Å². The molecule has 1 rings (SSSR count). The lowest BCUT2D eigenvalue weighted by Crippen LogP contribution is -2.33. The lowest BCUT2D eigenvalue weighted by molar-refractivity contribution is 0.206. The Morgan fingerprint density at radius 3 is 2.50 bits per heavy atom. The predicted octanol–water partition coefficient (Wildman–Crippen LogP) is 2.68. The van der Waals surface area contributed by atoms with Crippen molar-refractivity contribution in [1.82, 2.24) is 4.90 Å². The van der Waals surface area contributed by atoms with Crippen LogP contribution in [0.5, 0.6) is 0 Å². The van der Waals surface area contributed by atoms with E-state index in [4.69, 9.17) is 0 Å². The van der Waals surface area contributed by atoms with Crippen molar-refractivity contribution in [2.24, 2.45) is 5.92 Å². The second kappa shape index (κ2) is 4.66. The van der Waals surface area contributed by atoms with Gasteiger partial charge in [0.1, 0.15) is 0 Å². The van der Waals surface area contributed by atoms with Crippen molar-refractivity contribution in [2.45, 2.75) is 33.6 Å². The van der Waals surface area contributed by atoms with E-state index < -0.39 is 0 Å². The molecular formula is C11H21N. The van der Waals surface area contributed by atoms with Crippen molar-refractivity contribution in [3.8, 4) is 0 Å².